The van der Waals surface area contributed by atoms with Crippen LogP contribution in [0.1, 0.15) is 37.0 Å². The number of hydrogen-bond donors (Lipinski definition) is 2. The van der Waals surface area contributed by atoms with Crippen LogP contribution in [-0.2, 0) is 4.79 Å². The monoisotopic (exact) mass is 352 g/mol. The topological polar surface area (TPSA) is 74.3 Å². The molecule has 1 unspecified atom stereocenters. The first-order chi connectivity index (χ1) is 12.5. The van der Waals surface area contributed by atoms with E-state index in [0.29, 0.717) is 22.9 Å². The normalized spacial score (nSPS) is 16.8. The van der Waals surface area contributed by atoms with Gasteiger partial charge >= 0.3 is 0 Å². The number of hydrogen-bond acceptors (Lipinski definition) is 4. The highest BCUT2D eigenvalue weighted by Crippen LogP contribution is 2.22. The Hall–Kier alpha value is -2.89. The van der Waals surface area contributed by atoms with Crippen LogP contribution in [0.2, 0.25) is 0 Å². The molecule has 2 heterocycles. The molecule has 0 radical (unpaired) electrons. The van der Waals surface area contributed by atoms with Gasteiger partial charge in [0.2, 0.25) is 5.91 Å². The van der Waals surface area contributed by atoms with Crippen LogP contribution in [0.5, 0.6) is 0 Å². The van der Waals surface area contributed by atoms with Gasteiger partial charge in [-0.3, -0.25) is 9.59 Å². The van der Waals surface area contributed by atoms with E-state index in [-0.39, 0.29) is 11.8 Å². The number of benzene rings is 1. The number of nitrogens with zero attached hydrogens (tertiary/aromatic N) is 2. The van der Waals surface area contributed by atoms with E-state index in [4.69, 9.17) is 0 Å². The molecule has 0 aliphatic carbocycles. The number of amides is 2. The molecule has 0 spiro atoms. The predicted octanol–water partition coefficient (Wildman–Crippen LogP) is 3.53. The minimum absolute atomic E-state index is 0.127. The van der Waals surface area contributed by atoms with Crippen LogP contribution >= 0.6 is 0 Å². The highest BCUT2D eigenvalue weighted by Gasteiger charge is 2.18. The van der Waals surface area contributed by atoms with Gasteiger partial charge in [-0.05, 0) is 55.2 Å². The van der Waals surface area contributed by atoms with Gasteiger partial charge in [0.15, 0.2) is 0 Å². The van der Waals surface area contributed by atoms with Crippen molar-refractivity contribution in [2.45, 2.75) is 26.7 Å². The average Bonchev–Trinajstić information content (AvgIpc) is 2.63. The SMILES string of the molecule is CC(=O)Nc1ccc(NC(=O)c2ccnc(N3CCCC(C)C3)c2)cc1. The van der Waals surface area contributed by atoms with Crippen LogP contribution in [0, 0.1) is 5.92 Å². The summed E-state index contributed by atoms with van der Waals surface area (Å²) < 4.78 is 0. The van der Waals surface area contributed by atoms with E-state index in [1.807, 2.05) is 6.07 Å². The Morgan fingerprint density at radius 1 is 1.12 bits per heavy atom. The maximum absolute atomic E-state index is 12.5. The first kappa shape index (κ1) is 17.9. The molecule has 26 heavy (non-hydrogen) atoms. The van der Waals surface area contributed by atoms with Gasteiger partial charge in [0, 0.05) is 43.1 Å². The lowest BCUT2D eigenvalue weighted by Gasteiger charge is -2.31. The number of aromatic nitrogens is 1. The van der Waals surface area contributed by atoms with Gasteiger partial charge in [0.05, 0.1) is 0 Å². The van der Waals surface area contributed by atoms with Gasteiger partial charge in [-0.1, -0.05) is 6.92 Å². The molecule has 2 aromatic rings. The molecular formula is C20H24N4O2. The van der Waals surface area contributed by atoms with Gasteiger partial charge in [-0.25, -0.2) is 4.98 Å². The smallest absolute Gasteiger partial charge is 0.255 e. The molecular weight excluding hydrogens is 328 g/mol. The number of piperidine rings is 1. The minimum Gasteiger partial charge on any atom is -0.356 e. The summed E-state index contributed by atoms with van der Waals surface area (Å²) >= 11 is 0. The lowest BCUT2D eigenvalue weighted by atomic mass is 10.0. The Morgan fingerprint density at radius 3 is 2.46 bits per heavy atom. The fourth-order valence-electron chi connectivity index (χ4n) is 3.17. The Kier molecular flexibility index (Phi) is 5.51. The predicted molar refractivity (Wildman–Crippen MR) is 104 cm³/mol. The molecule has 1 aliphatic rings. The van der Waals surface area contributed by atoms with Gasteiger partial charge in [-0.2, -0.15) is 0 Å². The highest BCUT2D eigenvalue weighted by molar-refractivity contribution is 6.04. The Morgan fingerprint density at radius 2 is 1.81 bits per heavy atom. The number of carbonyl (C=O) groups is 2. The molecule has 1 aromatic carbocycles. The van der Waals surface area contributed by atoms with Crippen molar-refractivity contribution in [2.24, 2.45) is 5.92 Å². The maximum Gasteiger partial charge on any atom is 0.255 e. The van der Waals surface area contributed by atoms with Crippen molar-refractivity contribution < 1.29 is 9.59 Å². The Balaban J connectivity index is 1.68. The third-order valence-corrected chi connectivity index (χ3v) is 4.45. The third kappa shape index (κ3) is 4.59. The van der Waals surface area contributed by atoms with E-state index in [1.165, 1.54) is 13.3 Å². The van der Waals surface area contributed by atoms with Crippen molar-refractivity contribution in [1.29, 1.82) is 0 Å². The number of anilines is 3. The molecule has 1 aromatic heterocycles. The molecule has 1 fully saturated rings. The van der Waals surface area contributed by atoms with Crippen LogP contribution in [0.25, 0.3) is 0 Å². The average molecular weight is 352 g/mol. The fraction of sp³-hybridized carbons (Fsp3) is 0.350. The molecule has 6 heteroatoms. The zero-order valence-electron chi connectivity index (χ0n) is 15.2. The summed E-state index contributed by atoms with van der Waals surface area (Å²) in [5.74, 6) is 1.19. The van der Waals surface area contributed by atoms with E-state index in [9.17, 15) is 9.59 Å². The summed E-state index contributed by atoms with van der Waals surface area (Å²) in [4.78, 5) is 30.3. The lowest BCUT2D eigenvalue weighted by molar-refractivity contribution is -0.114. The van der Waals surface area contributed by atoms with Crippen molar-refractivity contribution >= 4 is 29.0 Å². The van der Waals surface area contributed by atoms with Crippen molar-refractivity contribution in [3.63, 3.8) is 0 Å². The van der Waals surface area contributed by atoms with Crippen LogP contribution in [0.4, 0.5) is 17.2 Å². The van der Waals surface area contributed by atoms with E-state index < -0.39 is 0 Å². The molecule has 0 saturated carbocycles. The third-order valence-electron chi connectivity index (χ3n) is 4.45. The largest absolute Gasteiger partial charge is 0.356 e. The summed E-state index contributed by atoms with van der Waals surface area (Å²) in [5.41, 5.74) is 1.95. The Labute approximate surface area is 153 Å². The molecule has 2 N–H and O–H groups in total. The number of rotatable bonds is 4. The van der Waals surface area contributed by atoms with Crippen molar-refractivity contribution in [3.8, 4) is 0 Å². The lowest BCUT2D eigenvalue weighted by Crippen LogP contribution is -2.34. The first-order valence-corrected chi connectivity index (χ1v) is 8.91. The van der Waals surface area contributed by atoms with Gasteiger partial charge in [-0.15, -0.1) is 0 Å². The zero-order chi connectivity index (χ0) is 18.5. The molecule has 0 bridgehead atoms. The number of pyridine rings is 1. The molecule has 3 rings (SSSR count). The molecule has 1 saturated heterocycles. The summed E-state index contributed by atoms with van der Waals surface area (Å²) in [7, 11) is 0. The summed E-state index contributed by atoms with van der Waals surface area (Å²) in [6.45, 7) is 5.66. The Bertz CT molecular complexity index is 789. The van der Waals surface area contributed by atoms with Crippen LogP contribution in [0.15, 0.2) is 42.6 Å². The first-order valence-electron chi connectivity index (χ1n) is 8.91. The summed E-state index contributed by atoms with van der Waals surface area (Å²) in [5, 5.41) is 5.58. The van der Waals surface area contributed by atoms with Crippen molar-refractivity contribution in [2.75, 3.05) is 28.6 Å². The van der Waals surface area contributed by atoms with Crippen molar-refractivity contribution in [3.05, 3.63) is 48.2 Å². The van der Waals surface area contributed by atoms with Gasteiger partial charge < -0.3 is 15.5 Å². The van der Waals surface area contributed by atoms with E-state index in [0.717, 1.165) is 25.3 Å². The van der Waals surface area contributed by atoms with Gasteiger partial charge in [0.25, 0.3) is 5.91 Å². The highest BCUT2D eigenvalue weighted by atomic mass is 16.2. The second-order valence-corrected chi connectivity index (χ2v) is 6.81. The molecule has 6 nitrogen and oxygen atoms in total. The number of carbonyl (C=O) groups excluding carboxylic acids is 2. The summed E-state index contributed by atoms with van der Waals surface area (Å²) in [6, 6.07) is 10.6. The zero-order valence-corrected chi connectivity index (χ0v) is 15.2. The minimum atomic E-state index is -0.175. The molecule has 1 aliphatic heterocycles. The molecule has 136 valence electrons. The summed E-state index contributed by atoms with van der Waals surface area (Å²) in [6.07, 6.45) is 4.08. The van der Waals surface area contributed by atoms with Crippen LogP contribution in [0.3, 0.4) is 0 Å². The molecule has 2 amide bonds. The standard InChI is InChI=1S/C20H24N4O2/c1-14-4-3-11-24(13-14)19-12-16(9-10-21-19)20(26)23-18-7-5-17(6-8-18)22-15(2)25/h5-10,12,14H,3-4,11,13H2,1-2H3,(H,22,25)(H,23,26). The van der Waals surface area contributed by atoms with E-state index in [2.05, 4.69) is 27.4 Å². The van der Waals surface area contributed by atoms with Crippen LogP contribution < -0.4 is 15.5 Å². The maximum atomic E-state index is 12.5. The second kappa shape index (κ2) is 7.99. The second-order valence-electron chi connectivity index (χ2n) is 6.81. The fourth-order valence-corrected chi connectivity index (χ4v) is 3.17. The number of nitrogens with one attached hydrogen (secondary N) is 2. The molecule has 1 atom stereocenters. The quantitative estimate of drug-likeness (QED) is 0.883. The van der Waals surface area contributed by atoms with E-state index >= 15 is 0 Å². The van der Waals surface area contributed by atoms with Crippen LogP contribution in [-0.4, -0.2) is 29.9 Å². The van der Waals surface area contributed by atoms with Gasteiger partial charge in [0.1, 0.15) is 5.82 Å². The van der Waals surface area contributed by atoms with Crippen molar-refractivity contribution in [1.82, 2.24) is 4.98 Å². The van der Waals surface area contributed by atoms with E-state index in [1.54, 1.807) is 36.5 Å².